The average molecular weight is 231 g/mol. The molecule has 2 N–H and O–H groups in total. The normalized spacial score (nSPS) is 10.8. The van der Waals surface area contributed by atoms with Gasteiger partial charge in [0.25, 0.3) is 0 Å². The molecule has 0 bridgehead atoms. The highest BCUT2D eigenvalue weighted by molar-refractivity contribution is 6.30. The van der Waals surface area contributed by atoms with Crippen molar-refractivity contribution in [3.8, 4) is 0 Å². The minimum Gasteiger partial charge on any atom is -0.398 e. The molecular weight excluding hydrogens is 220 g/mol. The Morgan fingerprint density at radius 1 is 1.06 bits per heavy atom. The van der Waals surface area contributed by atoms with Crippen molar-refractivity contribution in [3.63, 3.8) is 0 Å². The summed E-state index contributed by atoms with van der Waals surface area (Å²) in [6.07, 6.45) is 1.74. The maximum absolute atomic E-state index is 5.86. The first-order valence-electron chi connectivity index (χ1n) is 4.90. The first kappa shape index (κ1) is 10.7. The van der Waals surface area contributed by atoms with Gasteiger partial charge < -0.3 is 5.73 Å². The van der Waals surface area contributed by atoms with Crippen molar-refractivity contribution in [3.05, 3.63) is 59.1 Å². The fraction of sp³-hybridized carbons (Fsp3) is 0. The van der Waals surface area contributed by atoms with Crippen LogP contribution in [0.25, 0.3) is 0 Å². The number of para-hydroxylation sites is 1. The van der Waals surface area contributed by atoms with Gasteiger partial charge in [-0.05, 0) is 24.3 Å². The molecule has 0 aliphatic heterocycles. The van der Waals surface area contributed by atoms with Gasteiger partial charge in [-0.15, -0.1) is 0 Å². The van der Waals surface area contributed by atoms with Gasteiger partial charge in [0.05, 0.1) is 5.69 Å². The molecule has 0 unspecified atom stereocenters. The van der Waals surface area contributed by atoms with Crippen LogP contribution in [-0.2, 0) is 0 Å². The summed E-state index contributed by atoms with van der Waals surface area (Å²) in [6.45, 7) is 0. The smallest absolute Gasteiger partial charge is 0.0644 e. The molecule has 2 nitrogen and oxygen atoms in total. The summed E-state index contributed by atoms with van der Waals surface area (Å²) in [5.41, 5.74) is 8.23. The molecule has 80 valence electrons. The number of nitrogens with zero attached hydrogens (tertiary/aromatic N) is 1. The number of aliphatic imine (C=N–C) groups is 1. The number of hydrogen-bond acceptors (Lipinski definition) is 2. The van der Waals surface area contributed by atoms with Gasteiger partial charge in [-0.3, -0.25) is 4.99 Å². The third kappa shape index (κ3) is 2.61. The van der Waals surface area contributed by atoms with Crippen molar-refractivity contribution < 1.29 is 0 Å². The summed E-state index contributed by atoms with van der Waals surface area (Å²) in [4.78, 5) is 4.31. The fourth-order valence-electron chi connectivity index (χ4n) is 1.33. The molecule has 16 heavy (non-hydrogen) atoms. The molecule has 0 aliphatic carbocycles. The molecule has 2 aromatic rings. The molecule has 0 spiro atoms. The molecule has 0 heterocycles. The summed E-state index contributed by atoms with van der Waals surface area (Å²) >= 11 is 5.86. The lowest BCUT2D eigenvalue weighted by Crippen LogP contribution is -1.91. The van der Waals surface area contributed by atoms with Crippen LogP contribution in [0.3, 0.4) is 0 Å². The standard InChI is InChI=1S/C13H11ClN2/c14-11-5-3-6-12(8-11)16-9-10-4-1-2-7-13(10)15/h1-9H,15H2. The van der Waals surface area contributed by atoms with Gasteiger partial charge >= 0.3 is 0 Å². The Balaban J connectivity index is 2.25. The molecule has 2 aromatic carbocycles. The molecule has 2 rings (SSSR count). The topological polar surface area (TPSA) is 38.4 Å². The summed E-state index contributed by atoms with van der Waals surface area (Å²) in [5.74, 6) is 0. The third-order valence-electron chi connectivity index (χ3n) is 2.16. The Hall–Kier alpha value is -1.80. The molecule has 0 radical (unpaired) electrons. The van der Waals surface area contributed by atoms with Crippen LogP contribution < -0.4 is 5.73 Å². The van der Waals surface area contributed by atoms with Crippen molar-refractivity contribution in [2.45, 2.75) is 0 Å². The van der Waals surface area contributed by atoms with E-state index in [1.54, 1.807) is 12.3 Å². The summed E-state index contributed by atoms with van der Waals surface area (Å²) in [7, 11) is 0. The van der Waals surface area contributed by atoms with E-state index in [9.17, 15) is 0 Å². The Morgan fingerprint density at radius 2 is 1.88 bits per heavy atom. The minimum atomic E-state index is 0.677. The molecule has 0 aliphatic rings. The van der Waals surface area contributed by atoms with Gasteiger partial charge in [-0.25, -0.2) is 0 Å². The summed E-state index contributed by atoms with van der Waals surface area (Å²) < 4.78 is 0. The van der Waals surface area contributed by atoms with E-state index in [2.05, 4.69) is 4.99 Å². The van der Waals surface area contributed by atoms with Crippen molar-refractivity contribution in [1.82, 2.24) is 0 Å². The van der Waals surface area contributed by atoms with Gasteiger partial charge in [0, 0.05) is 22.5 Å². The number of benzene rings is 2. The van der Waals surface area contributed by atoms with E-state index in [0.717, 1.165) is 11.3 Å². The zero-order valence-electron chi connectivity index (χ0n) is 8.60. The first-order valence-corrected chi connectivity index (χ1v) is 5.27. The molecule has 0 saturated carbocycles. The van der Waals surface area contributed by atoms with Crippen LogP contribution in [0.15, 0.2) is 53.5 Å². The molecule has 0 fully saturated rings. The molecule has 0 amide bonds. The van der Waals surface area contributed by atoms with Crippen LogP contribution in [0.1, 0.15) is 5.56 Å². The van der Waals surface area contributed by atoms with Crippen LogP contribution in [0.2, 0.25) is 5.02 Å². The predicted molar refractivity (Wildman–Crippen MR) is 69.6 cm³/mol. The lowest BCUT2D eigenvalue weighted by molar-refractivity contribution is 1.52. The summed E-state index contributed by atoms with van der Waals surface area (Å²) in [6, 6.07) is 15.0. The second kappa shape index (κ2) is 4.81. The highest BCUT2D eigenvalue weighted by Crippen LogP contribution is 2.18. The lowest BCUT2D eigenvalue weighted by atomic mass is 10.2. The lowest BCUT2D eigenvalue weighted by Gasteiger charge is -1.98. The largest absolute Gasteiger partial charge is 0.398 e. The van der Waals surface area contributed by atoms with E-state index in [1.807, 2.05) is 42.5 Å². The summed E-state index contributed by atoms with van der Waals surface area (Å²) in [5, 5.41) is 0.677. The highest BCUT2D eigenvalue weighted by atomic mass is 35.5. The third-order valence-corrected chi connectivity index (χ3v) is 2.39. The average Bonchev–Trinajstić information content (AvgIpc) is 2.28. The number of hydrogen-bond donors (Lipinski definition) is 1. The SMILES string of the molecule is Nc1ccccc1C=Nc1cccc(Cl)c1. The maximum Gasteiger partial charge on any atom is 0.0644 e. The minimum absolute atomic E-state index is 0.677. The van der Waals surface area contributed by atoms with Gasteiger partial charge in [-0.1, -0.05) is 35.9 Å². The number of halogens is 1. The van der Waals surface area contributed by atoms with Gasteiger partial charge in [0.2, 0.25) is 0 Å². The molecule has 0 aromatic heterocycles. The van der Waals surface area contributed by atoms with Crippen LogP contribution >= 0.6 is 11.6 Å². The first-order chi connectivity index (χ1) is 7.75. The quantitative estimate of drug-likeness (QED) is 0.620. The number of rotatable bonds is 2. The molecule has 0 saturated heterocycles. The number of nitrogens with two attached hydrogens (primary N) is 1. The van der Waals surface area contributed by atoms with Crippen LogP contribution in [-0.4, -0.2) is 6.21 Å². The Bertz CT molecular complexity index is 521. The molecule has 0 atom stereocenters. The zero-order chi connectivity index (χ0) is 11.4. The molecule has 3 heteroatoms. The van der Waals surface area contributed by atoms with Crippen molar-refractivity contribution in [2.24, 2.45) is 4.99 Å². The van der Waals surface area contributed by atoms with Crippen LogP contribution in [0.5, 0.6) is 0 Å². The Labute approximate surface area is 99.4 Å². The number of nitrogen functional groups attached to an aromatic ring is 1. The maximum atomic E-state index is 5.86. The van der Waals surface area contributed by atoms with E-state index in [-0.39, 0.29) is 0 Å². The van der Waals surface area contributed by atoms with Crippen LogP contribution in [0.4, 0.5) is 11.4 Å². The predicted octanol–water partition coefficient (Wildman–Crippen LogP) is 3.67. The van der Waals surface area contributed by atoms with E-state index >= 15 is 0 Å². The second-order valence-electron chi connectivity index (χ2n) is 3.37. The highest BCUT2D eigenvalue weighted by Gasteiger charge is 1.93. The van der Waals surface area contributed by atoms with Crippen molar-refractivity contribution in [2.75, 3.05) is 5.73 Å². The van der Waals surface area contributed by atoms with E-state index < -0.39 is 0 Å². The second-order valence-corrected chi connectivity index (χ2v) is 3.80. The van der Waals surface area contributed by atoms with Gasteiger partial charge in [-0.2, -0.15) is 0 Å². The fourth-order valence-corrected chi connectivity index (χ4v) is 1.51. The molecular formula is C13H11ClN2. The van der Waals surface area contributed by atoms with Gasteiger partial charge in [0.1, 0.15) is 0 Å². The van der Waals surface area contributed by atoms with Crippen LogP contribution in [0, 0.1) is 0 Å². The number of anilines is 1. The Kier molecular flexibility index (Phi) is 3.22. The monoisotopic (exact) mass is 230 g/mol. The van der Waals surface area contributed by atoms with E-state index in [0.29, 0.717) is 10.7 Å². The van der Waals surface area contributed by atoms with Gasteiger partial charge in [0.15, 0.2) is 0 Å². The van der Waals surface area contributed by atoms with E-state index in [4.69, 9.17) is 17.3 Å². The van der Waals surface area contributed by atoms with Crippen molar-refractivity contribution in [1.29, 1.82) is 0 Å². The Morgan fingerprint density at radius 3 is 2.62 bits per heavy atom. The zero-order valence-corrected chi connectivity index (χ0v) is 9.35. The van der Waals surface area contributed by atoms with E-state index in [1.165, 1.54) is 0 Å². The van der Waals surface area contributed by atoms with Crippen molar-refractivity contribution >= 4 is 29.2 Å².